The van der Waals surface area contributed by atoms with E-state index < -0.39 is 11.5 Å². The van der Waals surface area contributed by atoms with E-state index in [2.05, 4.69) is 13.0 Å². The van der Waals surface area contributed by atoms with Crippen LogP contribution in [0.2, 0.25) is 0 Å². The number of rotatable bonds is 7. The fourth-order valence-electron chi connectivity index (χ4n) is 3.76. The van der Waals surface area contributed by atoms with Crippen LogP contribution in [0.1, 0.15) is 43.6 Å². The molecular weight excluding hydrogens is 382 g/mol. The monoisotopic (exact) mass is 413 g/mol. The molecule has 1 heterocycles. The number of hydrogen-bond donors (Lipinski definition) is 1. The van der Waals surface area contributed by atoms with Crippen LogP contribution in [0.4, 0.5) is 5.69 Å². The quantitative estimate of drug-likeness (QED) is 0.749. The third kappa shape index (κ3) is 4.30. The zero-order chi connectivity index (χ0) is 21.9. The number of ether oxygens (including phenoxy) is 3. The molecule has 0 saturated carbocycles. The maximum atomic E-state index is 13.0. The van der Waals surface area contributed by atoms with E-state index in [0.29, 0.717) is 18.0 Å². The van der Waals surface area contributed by atoms with Gasteiger partial charge in [0, 0.05) is 35.4 Å². The van der Waals surface area contributed by atoms with E-state index in [1.165, 1.54) is 0 Å². The predicted molar refractivity (Wildman–Crippen MR) is 116 cm³/mol. The molecule has 0 spiro atoms. The molecule has 0 aliphatic carbocycles. The molecule has 30 heavy (non-hydrogen) atoms. The number of carbonyl (C=O) groups is 1. The number of aliphatic hydroxyl groups is 1. The standard InChI is InChI=1S/C24H31NO5/c1-6-16-10-11-19-18(12-16)22(17-8-7-9-20(28-4)23(17)29-5)30-13-21(27)25(19)14-24(2,3)15-26/h7-12,22,26H,6,13-15H2,1-5H3/t22-/m1/s1. The predicted octanol–water partition coefficient (Wildman–Crippen LogP) is 3.74. The molecule has 0 unspecified atom stereocenters. The zero-order valence-electron chi connectivity index (χ0n) is 18.4. The van der Waals surface area contributed by atoms with Crippen LogP contribution in [0.3, 0.4) is 0 Å². The number of aliphatic hydroxyl groups excluding tert-OH is 1. The van der Waals surface area contributed by atoms with Gasteiger partial charge in [0.15, 0.2) is 11.5 Å². The molecule has 0 bridgehead atoms. The maximum Gasteiger partial charge on any atom is 0.253 e. The topological polar surface area (TPSA) is 68.2 Å². The minimum atomic E-state index is -0.484. The van der Waals surface area contributed by atoms with Gasteiger partial charge in [-0.3, -0.25) is 4.79 Å². The van der Waals surface area contributed by atoms with E-state index in [4.69, 9.17) is 14.2 Å². The largest absolute Gasteiger partial charge is 0.493 e. The molecule has 0 aromatic heterocycles. The van der Waals surface area contributed by atoms with Crippen LogP contribution in [0.5, 0.6) is 11.5 Å². The molecule has 162 valence electrons. The Bertz CT molecular complexity index is 908. The van der Waals surface area contributed by atoms with Gasteiger partial charge in [0.1, 0.15) is 12.7 Å². The summed E-state index contributed by atoms with van der Waals surface area (Å²) in [6, 6.07) is 11.8. The first-order valence-corrected chi connectivity index (χ1v) is 10.2. The number of para-hydroxylation sites is 1. The van der Waals surface area contributed by atoms with Crippen molar-refractivity contribution >= 4 is 11.6 Å². The summed E-state index contributed by atoms with van der Waals surface area (Å²) in [5, 5.41) is 9.77. The highest BCUT2D eigenvalue weighted by Crippen LogP contribution is 2.43. The van der Waals surface area contributed by atoms with Crippen molar-refractivity contribution in [1.82, 2.24) is 0 Å². The summed E-state index contributed by atoms with van der Waals surface area (Å²) >= 11 is 0. The van der Waals surface area contributed by atoms with Crippen molar-refractivity contribution < 1.29 is 24.1 Å². The molecule has 1 aliphatic heterocycles. The molecule has 2 aromatic rings. The van der Waals surface area contributed by atoms with E-state index in [1.54, 1.807) is 19.1 Å². The van der Waals surface area contributed by atoms with Crippen molar-refractivity contribution in [3.05, 3.63) is 53.1 Å². The van der Waals surface area contributed by atoms with Crippen LogP contribution in [0.25, 0.3) is 0 Å². The number of amides is 1. The Morgan fingerprint density at radius 2 is 1.93 bits per heavy atom. The average Bonchev–Trinajstić information content (AvgIpc) is 2.89. The van der Waals surface area contributed by atoms with Crippen LogP contribution < -0.4 is 14.4 Å². The Hall–Kier alpha value is -2.57. The highest BCUT2D eigenvalue weighted by atomic mass is 16.5. The second-order valence-corrected chi connectivity index (χ2v) is 8.32. The minimum Gasteiger partial charge on any atom is -0.493 e. The fourth-order valence-corrected chi connectivity index (χ4v) is 3.76. The van der Waals surface area contributed by atoms with Crippen molar-refractivity contribution in [2.45, 2.75) is 33.3 Å². The molecule has 1 atom stereocenters. The molecule has 2 aromatic carbocycles. The summed E-state index contributed by atoms with van der Waals surface area (Å²) in [6.07, 6.45) is 0.383. The zero-order valence-corrected chi connectivity index (χ0v) is 18.4. The van der Waals surface area contributed by atoms with Crippen LogP contribution >= 0.6 is 0 Å². The lowest BCUT2D eigenvalue weighted by Gasteiger charge is -2.31. The highest BCUT2D eigenvalue weighted by molar-refractivity contribution is 5.96. The molecule has 6 heteroatoms. The smallest absolute Gasteiger partial charge is 0.253 e. The van der Waals surface area contributed by atoms with E-state index in [1.807, 2.05) is 44.2 Å². The van der Waals surface area contributed by atoms with Gasteiger partial charge in [-0.05, 0) is 24.1 Å². The van der Waals surface area contributed by atoms with E-state index in [0.717, 1.165) is 28.8 Å². The van der Waals surface area contributed by atoms with Gasteiger partial charge >= 0.3 is 0 Å². The van der Waals surface area contributed by atoms with Gasteiger partial charge in [0.05, 0.1) is 14.2 Å². The summed E-state index contributed by atoms with van der Waals surface area (Å²) < 4.78 is 17.3. The number of methoxy groups -OCH3 is 2. The first-order chi connectivity index (χ1) is 14.3. The van der Waals surface area contributed by atoms with Crippen molar-refractivity contribution in [1.29, 1.82) is 0 Å². The lowest BCUT2D eigenvalue weighted by atomic mass is 9.92. The first kappa shape index (κ1) is 22.1. The normalized spacial score (nSPS) is 16.8. The third-order valence-corrected chi connectivity index (χ3v) is 5.48. The number of nitrogens with zero attached hydrogens (tertiary/aromatic N) is 1. The maximum absolute atomic E-state index is 13.0. The van der Waals surface area contributed by atoms with E-state index in [9.17, 15) is 9.90 Å². The summed E-state index contributed by atoms with van der Waals surface area (Å²) in [4.78, 5) is 14.8. The highest BCUT2D eigenvalue weighted by Gasteiger charge is 2.34. The van der Waals surface area contributed by atoms with Crippen LogP contribution in [-0.2, 0) is 16.0 Å². The molecular formula is C24H31NO5. The molecule has 1 N–H and O–H groups in total. The van der Waals surface area contributed by atoms with Gasteiger partial charge in [0.25, 0.3) is 5.91 Å². The molecule has 1 aliphatic rings. The Balaban J connectivity index is 2.19. The summed E-state index contributed by atoms with van der Waals surface area (Å²) in [6.45, 7) is 6.28. The lowest BCUT2D eigenvalue weighted by Crippen LogP contribution is -2.41. The van der Waals surface area contributed by atoms with Crippen molar-refractivity contribution in [3.8, 4) is 11.5 Å². The van der Waals surface area contributed by atoms with Crippen LogP contribution in [-0.4, -0.2) is 45.0 Å². The van der Waals surface area contributed by atoms with Gasteiger partial charge in [0.2, 0.25) is 0 Å². The molecule has 6 nitrogen and oxygen atoms in total. The van der Waals surface area contributed by atoms with Crippen molar-refractivity contribution in [2.75, 3.05) is 38.9 Å². The first-order valence-electron chi connectivity index (χ1n) is 10.2. The average molecular weight is 414 g/mol. The summed E-state index contributed by atoms with van der Waals surface area (Å²) in [7, 11) is 3.20. The number of aryl methyl sites for hydroxylation is 1. The summed E-state index contributed by atoms with van der Waals surface area (Å²) in [5.74, 6) is 1.07. The Morgan fingerprint density at radius 1 is 1.17 bits per heavy atom. The Labute approximate surface area is 178 Å². The molecule has 0 saturated heterocycles. The van der Waals surface area contributed by atoms with Gasteiger partial charge in [-0.2, -0.15) is 0 Å². The molecule has 0 fully saturated rings. The molecule has 1 amide bonds. The van der Waals surface area contributed by atoms with Crippen molar-refractivity contribution in [3.63, 3.8) is 0 Å². The van der Waals surface area contributed by atoms with Crippen LogP contribution in [0.15, 0.2) is 36.4 Å². The molecule has 0 radical (unpaired) electrons. The summed E-state index contributed by atoms with van der Waals surface area (Å²) in [5.41, 5.74) is 3.22. The lowest BCUT2D eigenvalue weighted by molar-refractivity contribution is -0.124. The van der Waals surface area contributed by atoms with E-state index >= 15 is 0 Å². The van der Waals surface area contributed by atoms with Gasteiger partial charge in [-0.25, -0.2) is 0 Å². The van der Waals surface area contributed by atoms with E-state index in [-0.39, 0.29) is 19.1 Å². The third-order valence-electron chi connectivity index (χ3n) is 5.48. The Morgan fingerprint density at radius 3 is 2.57 bits per heavy atom. The second kappa shape index (κ2) is 9.06. The SMILES string of the molecule is CCc1ccc2c(c1)[C@@H](c1cccc(OC)c1OC)OCC(=O)N2CC(C)(C)CO. The number of hydrogen-bond acceptors (Lipinski definition) is 5. The van der Waals surface area contributed by atoms with Gasteiger partial charge < -0.3 is 24.2 Å². The number of anilines is 1. The number of carbonyl (C=O) groups excluding carboxylic acids is 1. The van der Waals surface area contributed by atoms with Crippen LogP contribution in [0, 0.1) is 5.41 Å². The number of benzene rings is 2. The van der Waals surface area contributed by atoms with Gasteiger partial charge in [-0.15, -0.1) is 0 Å². The molecule has 3 rings (SSSR count). The second-order valence-electron chi connectivity index (χ2n) is 8.32. The minimum absolute atomic E-state index is 0.0207. The van der Waals surface area contributed by atoms with Crippen molar-refractivity contribution in [2.24, 2.45) is 5.41 Å². The van der Waals surface area contributed by atoms with Gasteiger partial charge in [-0.1, -0.05) is 45.0 Å². The Kier molecular flexibility index (Phi) is 6.68. The number of fused-ring (bicyclic) bond motifs is 1. The fraction of sp³-hybridized carbons (Fsp3) is 0.458.